The molecule has 0 radical (unpaired) electrons. The summed E-state index contributed by atoms with van der Waals surface area (Å²) in [5.74, 6) is 0. The Labute approximate surface area is 124 Å². The Morgan fingerprint density at radius 2 is 2.05 bits per heavy atom. The van der Waals surface area contributed by atoms with Crippen LogP contribution in [0.2, 0.25) is 10.0 Å². The highest BCUT2D eigenvalue weighted by molar-refractivity contribution is 6.39. The van der Waals surface area contributed by atoms with Crippen LogP contribution >= 0.6 is 23.2 Å². The molecule has 0 aliphatic carbocycles. The maximum Gasteiger partial charge on any atom is 0.0874 e. The molecule has 1 saturated heterocycles. The lowest BCUT2D eigenvalue weighted by molar-refractivity contribution is -0.0315. The predicted octanol–water partition coefficient (Wildman–Crippen LogP) is 3.51. The fourth-order valence-corrected chi connectivity index (χ4v) is 2.75. The number of nitrogens with zero attached hydrogens (tertiary/aromatic N) is 1. The first-order valence-electron chi connectivity index (χ1n) is 6.61. The maximum absolute atomic E-state index is 6.13. The van der Waals surface area contributed by atoms with Crippen molar-refractivity contribution in [2.24, 2.45) is 0 Å². The Morgan fingerprint density at radius 1 is 1.37 bits per heavy atom. The fraction of sp³-hybridized carbons (Fsp3) is 0.571. The molecule has 1 aliphatic heterocycles. The van der Waals surface area contributed by atoms with E-state index < -0.39 is 0 Å². The first kappa shape index (κ1) is 14.9. The van der Waals surface area contributed by atoms with Crippen LogP contribution in [0.25, 0.3) is 0 Å². The quantitative estimate of drug-likeness (QED) is 0.921. The van der Waals surface area contributed by atoms with Gasteiger partial charge in [-0.15, -0.1) is 0 Å². The molecule has 1 aromatic rings. The lowest BCUT2D eigenvalue weighted by Crippen LogP contribution is -2.48. The SMILES string of the molecule is CC(C)N1CCOC(CNc2c(Cl)cccc2Cl)C1. The molecule has 2 rings (SSSR count). The second-order valence-corrected chi connectivity index (χ2v) is 5.87. The van der Waals surface area contributed by atoms with Gasteiger partial charge in [-0.3, -0.25) is 4.90 Å². The maximum atomic E-state index is 6.13. The van der Waals surface area contributed by atoms with Gasteiger partial charge in [0.05, 0.1) is 28.4 Å². The van der Waals surface area contributed by atoms with Crippen molar-refractivity contribution in [1.29, 1.82) is 0 Å². The molecule has 1 N–H and O–H groups in total. The summed E-state index contributed by atoms with van der Waals surface area (Å²) in [6.45, 7) is 7.85. The Bertz CT molecular complexity index is 406. The van der Waals surface area contributed by atoms with Gasteiger partial charge in [-0.05, 0) is 26.0 Å². The largest absolute Gasteiger partial charge is 0.380 e. The number of hydrogen-bond donors (Lipinski definition) is 1. The van der Waals surface area contributed by atoms with Crippen LogP contribution in [0.15, 0.2) is 18.2 Å². The molecule has 3 nitrogen and oxygen atoms in total. The van der Waals surface area contributed by atoms with Gasteiger partial charge in [0, 0.05) is 25.7 Å². The van der Waals surface area contributed by atoms with Crippen molar-refractivity contribution < 1.29 is 4.74 Å². The summed E-state index contributed by atoms with van der Waals surface area (Å²) in [6, 6.07) is 6.05. The molecule has 1 atom stereocenters. The number of rotatable bonds is 4. The first-order valence-corrected chi connectivity index (χ1v) is 7.37. The first-order chi connectivity index (χ1) is 9.08. The number of benzene rings is 1. The number of nitrogens with one attached hydrogen (secondary N) is 1. The number of hydrogen-bond acceptors (Lipinski definition) is 3. The van der Waals surface area contributed by atoms with Crippen molar-refractivity contribution in [3.05, 3.63) is 28.2 Å². The zero-order valence-electron chi connectivity index (χ0n) is 11.3. The van der Waals surface area contributed by atoms with E-state index in [-0.39, 0.29) is 6.10 Å². The van der Waals surface area contributed by atoms with Crippen molar-refractivity contribution in [3.8, 4) is 0 Å². The molecule has 5 heteroatoms. The smallest absolute Gasteiger partial charge is 0.0874 e. The van der Waals surface area contributed by atoms with Crippen LogP contribution in [-0.2, 0) is 4.74 Å². The molecule has 1 unspecified atom stereocenters. The summed E-state index contributed by atoms with van der Waals surface area (Å²) in [7, 11) is 0. The summed E-state index contributed by atoms with van der Waals surface area (Å²) < 4.78 is 5.77. The van der Waals surface area contributed by atoms with Crippen LogP contribution in [0, 0.1) is 0 Å². The van der Waals surface area contributed by atoms with Crippen molar-refractivity contribution in [2.75, 3.05) is 31.6 Å². The molecule has 0 amide bonds. The molecular weight excluding hydrogens is 283 g/mol. The summed E-state index contributed by atoms with van der Waals surface area (Å²) in [5.41, 5.74) is 0.788. The Balaban J connectivity index is 1.92. The molecule has 0 saturated carbocycles. The summed E-state index contributed by atoms with van der Waals surface area (Å²) in [5, 5.41) is 4.58. The standard InChI is InChI=1S/C14H20Cl2N2O/c1-10(2)18-6-7-19-11(9-18)8-17-14-12(15)4-3-5-13(14)16/h3-5,10-11,17H,6-9H2,1-2H3. The third-order valence-electron chi connectivity index (χ3n) is 3.37. The number of halogens is 2. The lowest BCUT2D eigenvalue weighted by Gasteiger charge is -2.35. The lowest BCUT2D eigenvalue weighted by atomic mass is 10.2. The van der Waals surface area contributed by atoms with Crippen LogP contribution in [0.3, 0.4) is 0 Å². The highest BCUT2D eigenvalue weighted by atomic mass is 35.5. The molecule has 0 spiro atoms. The second-order valence-electron chi connectivity index (χ2n) is 5.06. The van der Waals surface area contributed by atoms with Gasteiger partial charge in [-0.1, -0.05) is 29.3 Å². The van der Waals surface area contributed by atoms with E-state index in [1.165, 1.54) is 0 Å². The Hall–Kier alpha value is -0.480. The zero-order chi connectivity index (χ0) is 13.8. The molecular formula is C14H20Cl2N2O. The van der Waals surface area contributed by atoms with Gasteiger partial charge < -0.3 is 10.1 Å². The van der Waals surface area contributed by atoms with E-state index in [9.17, 15) is 0 Å². The molecule has 0 aromatic heterocycles. The zero-order valence-corrected chi connectivity index (χ0v) is 12.8. The van der Waals surface area contributed by atoms with Crippen LogP contribution in [0.5, 0.6) is 0 Å². The van der Waals surface area contributed by atoms with Crippen molar-refractivity contribution in [3.63, 3.8) is 0 Å². The Morgan fingerprint density at radius 3 is 2.68 bits per heavy atom. The van der Waals surface area contributed by atoms with E-state index in [4.69, 9.17) is 27.9 Å². The summed E-state index contributed by atoms with van der Waals surface area (Å²) in [4.78, 5) is 2.42. The van der Waals surface area contributed by atoms with Crippen molar-refractivity contribution in [2.45, 2.75) is 26.0 Å². The summed E-state index contributed by atoms with van der Waals surface area (Å²) in [6.07, 6.45) is 0.170. The van der Waals surface area contributed by atoms with Crippen molar-refractivity contribution >= 4 is 28.9 Å². The Kier molecular flexibility index (Phi) is 5.34. The van der Waals surface area contributed by atoms with Crippen LogP contribution < -0.4 is 5.32 Å². The number of para-hydroxylation sites is 1. The number of anilines is 1. The number of morpholine rings is 1. The molecule has 1 aliphatic rings. The number of ether oxygens (including phenoxy) is 1. The van der Waals surface area contributed by atoms with Crippen molar-refractivity contribution in [1.82, 2.24) is 4.90 Å². The summed E-state index contributed by atoms with van der Waals surface area (Å²) >= 11 is 12.3. The molecule has 1 aromatic carbocycles. The van der Waals surface area contributed by atoms with E-state index in [0.717, 1.165) is 25.4 Å². The average Bonchev–Trinajstić information content (AvgIpc) is 2.38. The minimum absolute atomic E-state index is 0.170. The van der Waals surface area contributed by atoms with Crippen LogP contribution in [0.1, 0.15) is 13.8 Å². The molecule has 1 fully saturated rings. The molecule has 106 valence electrons. The second kappa shape index (κ2) is 6.80. The predicted molar refractivity (Wildman–Crippen MR) is 81.4 cm³/mol. The van der Waals surface area contributed by atoms with E-state index in [0.29, 0.717) is 22.6 Å². The third kappa shape index (κ3) is 3.99. The van der Waals surface area contributed by atoms with Gasteiger partial charge in [0.25, 0.3) is 0 Å². The average molecular weight is 303 g/mol. The molecule has 1 heterocycles. The minimum atomic E-state index is 0.170. The fourth-order valence-electron chi connectivity index (χ4n) is 2.22. The van der Waals surface area contributed by atoms with E-state index in [1.54, 1.807) is 0 Å². The van der Waals surface area contributed by atoms with E-state index >= 15 is 0 Å². The molecule has 19 heavy (non-hydrogen) atoms. The normalized spacial score (nSPS) is 20.8. The topological polar surface area (TPSA) is 24.5 Å². The van der Waals surface area contributed by atoms with E-state index in [1.807, 2.05) is 18.2 Å². The highest BCUT2D eigenvalue weighted by Gasteiger charge is 2.22. The van der Waals surface area contributed by atoms with Crippen LogP contribution in [0.4, 0.5) is 5.69 Å². The van der Waals surface area contributed by atoms with Gasteiger partial charge >= 0.3 is 0 Å². The molecule has 0 bridgehead atoms. The highest BCUT2D eigenvalue weighted by Crippen LogP contribution is 2.29. The van der Waals surface area contributed by atoms with Crippen LogP contribution in [-0.4, -0.2) is 43.3 Å². The van der Waals surface area contributed by atoms with Gasteiger partial charge in [0.2, 0.25) is 0 Å². The van der Waals surface area contributed by atoms with Gasteiger partial charge in [-0.2, -0.15) is 0 Å². The minimum Gasteiger partial charge on any atom is -0.380 e. The van der Waals surface area contributed by atoms with Gasteiger partial charge in [0.15, 0.2) is 0 Å². The van der Waals surface area contributed by atoms with Gasteiger partial charge in [0.1, 0.15) is 0 Å². The van der Waals surface area contributed by atoms with Gasteiger partial charge in [-0.25, -0.2) is 0 Å². The monoisotopic (exact) mass is 302 g/mol. The van der Waals surface area contributed by atoms with E-state index in [2.05, 4.69) is 24.1 Å². The third-order valence-corrected chi connectivity index (χ3v) is 4.00.